The summed E-state index contributed by atoms with van der Waals surface area (Å²) in [7, 11) is 0. The summed E-state index contributed by atoms with van der Waals surface area (Å²) in [6.07, 6.45) is 6.58. The van der Waals surface area contributed by atoms with Crippen LogP contribution in [0.1, 0.15) is 87.5 Å². The molecule has 0 saturated heterocycles. The van der Waals surface area contributed by atoms with Crippen LogP contribution in [-0.2, 0) is 4.79 Å². The Morgan fingerprint density at radius 3 is 2.44 bits per heavy atom. The second kappa shape index (κ2) is 8.77. The number of alkyl halides is 4. The van der Waals surface area contributed by atoms with Crippen LogP contribution >= 0.6 is 0 Å². The summed E-state index contributed by atoms with van der Waals surface area (Å²) in [5.74, 6) is -5.50. The summed E-state index contributed by atoms with van der Waals surface area (Å²) < 4.78 is 54.9. The Bertz CT molecular complexity index is 1040. The van der Waals surface area contributed by atoms with Crippen molar-refractivity contribution in [1.29, 1.82) is 0 Å². The van der Waals surface area contributed by atoms with E-state index in [4.69, 9.17) is 5.73 Å². The number of carbonyl (C=O) groups is 1. The Labute approximate surface area is 195 Å². The third-order valence-electron chi connectivity index (χ3n) is 7.92. The number of halogens is 4. The van der Waals surface area contributed by atoms with Gasteiger partial charge < -0.3 is 11.1 Å². The summed E-state index contributed by atoms with van der Waals surface area (Å²) in [4.78, 5) is 17.2. The molecule has 0 aromatic carbocycles. The quantitative estimate of drug-likeness (QED) is 0.548. The topological polar surface area (TPSA) is 85.3 Å². The van der Waals surface area contributed by atoms with Crippen LogP contribution in [0.3, 0.4) is 0 Å². The number of amides is 1. The molecular weight excluding hydrogens is 450 g/mol. The van der Waals surface area contributed by atoms with Gasteiger partial charge in [0.25, 0.3) is 0 Å². The van der Waals surface area contributed by atoms with Gasteiger partial charge in [0, 0.05) is 32.1 Å². The fraction of sp³-hybridized carbons (Fsp3) is 0.708. The Morgan fingerprint density at radius 1 is 1.12 bits per heavy atom. The van der Waals surface area contributed by atoms with Gasteiger partial charge in [-0.15, -0.1) is 0 Å². The number of hydrogen-bond donors (Lipinski definition) is 2. The monoisotopic (exact) mass is 481 g/mol. The van der Waals surface area contributed by atoms with E-state index in [2.05, 4.69) is 15.4 Å². The van der Waals surface area contributed by atoms with Gasteiger partial charge in [-0.05, 0) is 55.1 Å². The van der Waals surface area contributed by atoms with Crippen molar-refractivity contribution >= 4 is 11.6 Å². The van der Waals surface area contributed by atoms with Gasteiger partial charge in [0.1, 0.15) is 0 Å². The molecular formula is C24H31F4N5O. The van der Waals surface area contributed by atoms with Crippen molar-refractivity contribution in [1.82, 2.24) is 19.9 Å². The Kier molecular flexibility index (Phi) is 6.06. The SMILES string of the molecule is N[C@H](c1cn2ncc([C@@H](NC(=O)CC3CC(F)(F)C3)C3CCC3)cc2n1)C1CCC(F)(F)CC1. The number of aromatic nitrogens is 3. The van der Waals surface area contributed by atoms with Gasteiger partial charge in [0.2, 0.25) is 17.8 Å². The lowest BCUT2D eigenvalue weighted by Gasteiger charge is -2.37. The van der Waals surface area contributed by atoms with Crippen LogP contribution in [0.4, 0.5) is 17.6 Å². The predicted octanol–water partition coefficient (Wildman–Crippen LogP) is 4.95. The van der Waals surface area contributed by atoms with Crippen LogP contribution in [0, 0.1) is 17.8 Å². The smallest absolute Gasteiger partial charge is 0.248 e. The molecule has 2 aromatic heterocycles. The molecule has 3 fully saturated rings. The molecule has 3 N–H and O–H groups in total. The zero-order valence-electron chi connectivity index (χ0n) is 19.0. The lowest BCUT2D eigenvalue weighted by molar-refractivity contribution is -0.134. The van der Waals surface area contributed by atoms with E-state index < -0.39 is 17.9 Å². The van der Waals surface area contributed by atoms with Gasteiger partial charge >= 0.3 is 0 Å². The van der Waals surface area contributed by atoms with E-state index in [0.717, 1.165) is 24.8 Å². The molecule has 2 heterocycles. The highest BCUT2D eigenvalue weighted by molar-refractivity contribution is 5.77. The minimum absolute atomic E-state index is 0.0510. The average molecular weight is 482 g/mol. The van der Waals surface area contributed by atoms with E-state index >= 15 is 0 Å². The molecule has 186 valence electrons. The fourth-order valence-electron chi connectivity index (χ4n) is 5.57. The minimum atomic E-state index is -2.63. The number of fused-ring (bicyclic) bond motifs is 1. The van der Waals surface area contributed by atoms with E-state index in [-0.39, 0.29) is 61.8 Å². The number of carbonyl (C=O) groups excluding carboxylic acids is 1. The molecule has 34 heavy (non-hydrogen) atoms. The van der Waals surface area contributed by atoms with Gasteiger partial charge in [-0.3, -0.25) is 4.79 Å². The number of hydrogen-bond acceptors (Lipinski definition) is 4. The van der Waals surface area contributed by atoms with Crippen LogP contribution in [-0.4, -0.2) is 32.4 Å². The van der Waals surface area contributed by atoms with Crippen molar-refractivity contribution in [3.63, 3.8) is 0 Å². The van der Waals surface area contributed by atoms with Gasteiger partial charge in [-0.25, -0.2) is 27.1 Å². The first-order valence-corrected chi connectivity index (χ1v) is 12.2. The van der Waals surface area contributed by atoms with Crippen molar-refractivity contribution in [2.45, 2.75) is 88.1 Å². The average Bonchev–Trinajstić information content (AvgIpc) is 3.13. The molecule has 0 unspecified atom stereocenters. The molecule has 0 radical (unpaired) electrons. The normalized spacial score (nSPS) is 24.9. The first-order chi connectivity index (χ1) is 16.1. The molecule has 10 heteroatoms. The number of nitrogens with one attached hydrogen (secondary N) is 1. The molecule has 0 spiro atoms. The van der Waals surface area contributed by atoms with Gasteiger partial charge in [0.15, 0.2) is 5.65 Å². The molecule has 3 aliphatic rings. The molecule has 0 bridgehead atoms. The Morgan fingerprint density at radius 2 is 1.82 bits per heavy atom. The summed E-state index contributed by atoms with van der Waals surface area (Å²) in [6.45, 7) is 0. The highest BCUT2D eigenvalue weighted by Gasteiger charge is 2.46. The molecule has 2 aromatic rings. The van der Waals surface area contributed by atoms with E-state index in [1.807, 2.05) is 6.07 Å². The van der Waals surface area contributed by atoms with Crippen molar-refractivity contribution in [3.8, 4) is 0 Å². The number of nitrogens with zero attached hydrogens (tertiary/aromatic N) is 3. The summed E-state index contributed by atoms with van der Waals surface area (Å²) in [5.41, 5.74) is 8.42. The Balaban J connectivity index is 1.29. The first-order valence-electron chi connectivity index (χ1n) is 12.2. The summed E-state index contributed by atoms with van der Waals surface area (Å²) >= 11 is 0. The number of imidazole rings is 1. The maximum atomic E-state index is 13.5. The van der Waals surface area contributed by atoms with Crippen LogP contribution in [0.2, 0.25) is 0 Å². The van der Waals surface area contributed by atoms with Gasteiger partial charge in [0.05, 0.1) is 30.2 Å². The van der Waals surface area contributed by atoms with Crippen molar-refractivity contribution in [3.05, 3.63) is 29.7 Å². The van der Waals surface area contributed by atoms with Gasteiger partial charge in [-0.2, -0.15) is 5.10 Å². The maximum Gasteiger partial charge on any atom is 0.248 e. The first kappa shape index (κ1) is 23.5. The van der Waals surface area contributed by atoms with Crippen LogP contribution < -0.4 is 11.1 Å². The zero-order valence-corrected chi connectivity index (χ0v) is 19.0. The Hall–Kier alpha value is -2.23. The second-order valence-corrected chi connectivity index (χ2v) is 10.5. The van der Waals surface area contributed by atoms with E-state index in [0.29, 0.717) is 24.2 Å². The van der Waals surface area contributed by atoms with Crippen molar-refractivity contribution in [2.75, 3.05) is 0 Å². The second-order valence-electron chi connectivity index (χ2n) is 10.5. The number of nitrogens with two attached hydrogens (primary N) is 1. The number of rotatable bonds is 7. The lowest BCUT2D eigenvalue weighted by Crippen LogP contribution is -2.41. The highest BCUT2D eigenvalue weighted by Crippen LogP contribution is 2.44. The van der Waals surface area contributed by atoms with E-state index in [1.54, 1.807) is 16.9 Å². The molecule has 5 rings (SSSR count). The van der Waals surface area contributed by atoms with Crippen molar-refractivity contribution < 1.29 is 22.4 Å². The fourth-order valence-corrected chi connectivity index (χ4v) is 5.57. The minimum Gasteiger partial charge on any atom is -0.349 e. The maximum absolute atomic E-state index is 13.5. The van der Waals surface area contributed by atoms with E-state index in [9.17, 15) is 22.4 Å². The standard InChI is InChI=1S/C24H31F4N5O/c25-23(26)6-4-15(5-7-23)21(29)18-13-33-19(31-18)9-17(12-30-33)22(16-2-1-3-16)32-20(34)8-14-10-24(27,28)11-14/h9,12-16,21-22H,1-8,10-11,29H2,(H,32,34)/t21-,22-/m0/s1. The molecule has 6 nitrogen and oxygen atoms in total. The lowest BCUT2D eigenvalue weighted by atomic mass is 9.76. The molecule has 2 atom stereocenters. The molecule has 3 aliphatic carbocycles. The third kappa shape index (κ3) is 4.92. The van der Waals surface area contributed by atoms with Crippen LogP contribution in [0.15, 0.2) is 18.5 Å². The largest absolute Gasteiger partial charge is 0.349 e. The van der Waals surface area contributed by atoms with Crippen LogP contribution in [0.5, 0.6) is 0 Å². The summed E-state index contributed by atoms with van der Waals surface area (Å²) in [5, 5.41) is 7.52. The zero-order chi connectivity index (χ0) is 24.1. The van der Waals surface area contributed by atoms with Crippen LogP contribution in [0.25, 0.3) is 5.65 Å². The summed E-state index contributed by atoms with van der Waals surface area (Å²) in [6, 6.07) is 1.19. The predicted molar refractivity (Wildman–Crippen MR) is 117 cm³/mol. The van der Waals surface area contributed by atoms with Gasteiger partial charge in [-0.1, -0.05) is 6.42 Å². The molecule has 0 aliphatic heterocycles. The molecule has 1 amide bonds. The van der Waals surface area contributed by atoms with Crippen molar-refractivity contribution in [2.24, 2.45) is 23.5 Å². The highest BCUT2D eigenvalue weighted by atomic mass is 19.3. The third-order valence-corrected chi connectivity index (χ3v) is 7.92. The molecule has 3 saturated carbocycles. The van der Waals surface area contributed by atoms with E-state index in [1.165, 1.54) is 0 Å².